The number of amides is 1. The highest BCUT2D eigenvalue weighted by Crippen LogP contribution is 2.22. The van der Waals surface area contributed by atoms with Crippen molar-refractivity contribution in [2.45, 2.75) is 6.92 Å². The third-order valence-corrected chi connectivity index (χ3v) is 1.89. The number of aryl methyl sites for hydroxylation is 1. The fourth-order valence-electron chi connectivity index (χ4n) is 1.22. The summed E-state index contributed by atoms with van der Waals surface area (Å²) in [4.78, 5) is 21.4. The predicted molar refractivity (Wildman–Crippen MR) is 51.2 cm³/mol. The molecule has 0 fully saturated rings. The molecule has 0 aromatic heterocycles. The van der Waals surface area contributed by atoms with Crippen molar-refractivity contribution >= 4 is 11.6 Å². The summed E-state index contributed by atoms with van der Waals surface area (Å²) in [5, 5.41) is 13.0. The van der Waals surface area contributed by atoms with E-state index in [0.29, 0.717) is 5.56 Å². The van der Waals surface area contributed by atoms with Gasteiger partial charge in [-0.3, -0.25) is 14.9 Å². The number of nitro groups is 1. The van der Waals surface area contributed by atoms with E-state index in [2.05, 4.69) is 5.32 Å². The topological polar surface area (TPSA) is 72.2 Å². The maximum Gasteiger partial charge on any atom is 0.285 e. The Hall–Kier alpha value is -1.91. The van der Waals surface area contributed by atoms with Crippen LogP contribution < -0.4 is 5.32 Å². The average molecular weight is 194 g/mol. The fraction of sp³-hybridized carbons (Fsp3) is 0.222. The van der Waals surface area contributed by atoms with Crippen LogP contribution in [0.4, 0.5) is 5.69 Å². The Bertz CT molecular complexity index is 388. The van der Waals surface area contributed by atoms with Gasteiger partial charge in [0.25, 0.3) is 11.6 Å². The molecule has 0 aliphatic heterocycles. The zero-order chi connectivity index (χ0) is 10.7. The van der Waals surface area contributed by atoms with Gasteiger partial charge in [-0.25, -0.2) is 0 Å². The van der Waals surface area contributed by atoms with Gasteiger partial charge in [-0.15, -0.1) is 0 Å². The average Bonchev–Trinajstić information content (AvgIpc) is 2.15. The van der Waals surface area contributed by atoms with E-state index in [0.717, 1.165) is 0 Å². The molecule has 1 rings (SSSR count). The maximum atomic E-state index is 11.3. The molecule has 1 aromatic carbocycles. The molecular weight excluding hydrogens is 184 g/mol. The van der Waals surface area contributed by atoms with Crippen LogP contribution in [-0.2, 0) is 0 Å². The molecule has 0 atom stereocenters. The van der Waals surface area contributed by atoms with E-state index < -0.39 is 10.8 Å². The van der Waals surface area contributed by atoms with Crippen LogP contribution in [0.25, 0.3) is 0 Å². The van der Waals surface area contributed by atoms with Crippen LogP contribution in [0, 0.1) is 17.0 Å². The highest BCUT2D eigenvalue weighted by atomic mass is 16.6. The SMILES string of the molecule is CNC(=O)c1cccc(C)c1[N+](=O)[O-]. The van der Waals surface area contributed by atoms with E-state index in [1.807, 2.05) is 0 Å². The molecule has 0 bridgehead atoms. The summed E-state index contributed by atoms with van der Waals surface area (Å²) < 4.78 is 0. The minimum absolute atomic E-state index is 0.0949. The molecule has 5 nitrogen and oxygen atoms in total. The van der Waals surface area contributed by atoms with Gasteiger partial charge >= 0.3 is 0 Å². The molecule has 0 radical (unpaired) electrons. The zero-order valence-electron chi connectivity index (χ0n) is 7.90. The molecule has 1 aromatic rings. The molecule has 14 heavy (non-hydrogen) atoms. The summed E-state index contributed by atoms with van der Waals surface area (Å²) >= 11 is 0. The van der Waals surface area contributed by atoms with Crippen LogP contribution in [0.5, 0.6) is 0 Å². The molecule has 0 unspecified atom stereocenters. The Balaban J connectivity index is 3.35. The van der Waals surface area contributed by atoms with Gasteiger partial charge in [0.2, 0.25) is 0 Å². The van der Waals surface area contributed by atoms with Gasteiger partial charge in [-0.2, -0.15) is 0 Å². The number of rotatable bonds is 2. The molecule has 1 amide bonds. The summed E-state index contributed by atoms with van der Waals surface area (Å²) in [6, 6.07) is 4.65. The lowest BCUT2D eigenvalue weighted by molar-refractivity contribution is -0.385. The highest BCUT2D eigenvalue weighted by molar-refractivity contribution is 5.98. The highest BCUT2D eigenvalue weighted by Gasteiger charge is 2.20. The van der Waals surface area contributed by atoms with Crippen molar-refractivity contribution in [2.24, 2.45) is 0 Å². The van der Waals surface area contributed by atoms with Gasteiger partial charge in [-0.1, -0.05) is 12.1 Å². The van der Waals surface area contributed by atoms with Crippen LogP contribution in [0.3, 0.4) is 0 Å². The number of carbonyl (C=O) groups excluding carboxylic acids is 1. The number of nitrogens with one attached hydrogen (secondary N) is 1. The maximum absolute atomic E-state index is 11.3. The lowest BCUT2D eigenvalue weighted by atomic mass is 10.1. The second-order valence-electron chi connectivity index (χ2n) is 2.81. The number of nitrogens with zero attached hydrogens (tertiary/aromatic N) is 1. The largest absolute Gasteiger partial charge is 0.355 e. The molecule has 0 aliphatic rings. The Labute approximate surface area is 80.9 Å². The van der Waals surface area contributed by atoms with Crippen molar-refractivity contribution < 1.29 is 9.72 Å². The van der Waals surface area contributed by atoms with E-state index in [-0.39, 0.29) is 11.3 Å². The zero-order valence-corrected chi connectivity index (χ0v) is 7.90. The van der Waals surface area contributed by atoms with Crippen molar-refractivity contribution in [3.8, 4) is 0 Å². The Morgan fingerprint density at radius 2 is 2.14 bits per heavy atom. The van der Waals surface area contributed by atoms with Crippen molar-refractivity contribution in [1.29, 1.82) is 0 Å². The predicted octanol–water partition coefficient (Wildman–Crippen LogP) is 1.26. The van der Waals surface area contributed by atoms with Crippen LogP contribution in [0.2, 0.25) is 0 Å². The molecule has 0 saturated heterocycles. The van der Waals surface area contributed by atoms with Crippen LogP contribution in [0.15, 0.2) is 18.2 Å². The van der Waals surface area contributed by atoms with Crippen LogP contribution in [-0.4, -0.2) is 17.9 Å². The molecule has 0 aliphatic carbocycles. The van der Waals surface area contributed by atoms with Crippen molar-refractivity contribution in [3.05, 3.63) is 39.4 Å². The Kier molecular flexibility index (Phi) is 2.81. The molecule has 0 saturated carbocycles. The molecule has 0 heterocycles. The van der Waals surface area contributed by atoms with Crippen molar-refractivity contribution in [3.63, 3.8) is 0 Å². The molecule has 5 heteroatoms. The third kappa shape index (κ3) is 1.71. The van der Waals surface area contributed by atoms with Gasteiger partial charge in [-0.05, 0) is 13.0 Å². The van der Waals surface area contributed by atoms with Gasteiger partial charge in [0.15, 0.2) is 0 Å². The third-order valence-electron chi connectivity index (χ3n) is 1.89. The minimum atomic E-state index is -0.542. The first-order valence-corrected chi connectivity index (χ1v) is 4.04. The Morgan fingerprint density at radius 1 is 1.50 bits per heavy atom. The minimum Gasteiger partial charge on any atom is -0.355 e. The first-order valence-electron chi connectivity index (χ1n) is 4.04. The smallest absolute Gasteiger partial charge is 0.285 e. The number of hydrogen-bond acceptors (Lipinski definition) is 3. The normalized spacial score (nSPS) is 9.57. The monoisotopic (exact) mass is 194 g/mol. The Morgan fingerprint density at radius 3 is 2.64 bits per heavy atom. The quantitative estimate of drug-likeness (QED) is 0.569. The van der Waals surface area contributed by atoms with Gasteiger partial charge < -0.3 is 5.32 Å². The second kappa shape index (κ2) is 3.87. The van der Waals surface area contributed by atoms with Gasteiger partial charge in [0, 0.05) is 12.6 Å². The van der Waals surface area contributed by atoms with Crippen molar-refractivity contribution in [1.82, 2.24) is 5.32 Å². The number of nitro benzene ring substituents is 1. The number of benzene rings is 1. The second-order valence-corrected chi connectivity index (χ2v) is 2.81. The molecular formula is C9H10N2O3. The van der Waals surface area contributed by atoms with Gasteiger partial charge in [0.05, 0.1) is 4.92 Å². The van der Waals surface area contributed by atoms with Crippen molar-refractivity contribution in [2.75, 3.05) is 7.05 Å². The van der Waals surface area contributed by atoms with E-state index >= 15 is 0 Å². The summed E-state index contributed by atoms with van der Waals surface area (Å²) in [6.07, 6.45) is 0. The van der Waals surface area contributed by atoms with E-state index in [4.69, 9.17) is 0 Å². The van der Waals surface area contributed by atoms with E-state index in [1.165, 1.54) is 13.1 Å². The molecule has 1 N–H and O–H groups in total. The van der Waals surface area contributed by atoms with E-state index in [9.17, 15) is 14.9 Å². The van der Waals surface area contributed by atoms with Gasteiger partial charge in [0.1, 0.15) is 5.56 Å². The standard InChI is InChI=1S/C9H10N2O3/c1-6-4-3-5-7(9(12)10-2)8(6)11(13)14/h3-5H,1-2H3,(H,10,12). The number of hydrogen-bond donors (Lipinski definition) is 1. The fourth-order valence-corrected chi connectivity index (χ4v) is 1.22. The lowest BCUT2D eigenvalue weighted by Crippen LogP contribution is -2.19. The van der Waals surface area contributed by atoms with E-state index in [1.54, 1.807) is 19.1 Å². The molecule has 0 spiro atoms. The molecule has 74 valence electrons. The van der Waals surface area contributed by atoms with Crippen LogP contribution in [0.1, 0.15) is 15.9 Å². The summed E-state index contributed by atoms with van der Waals surface area (Å²) in [5.41, 5.74) is 0.445. The first kappa shape index (κ1) is 10.2. The van der Waals surface area contributed by atoms with Crippen LogP contribution >= 0.6 is 0 Å². The summed E-state index contributed by atoms with van der Waals surface area (Å²) in [7, 11) is 1.44. The number of carbonyl (C=O) groups is 1. The summed E-state index contributed by atoms with van der Waals surface area (Å²) in [5.74, 6) is -0.444. The summed E-state index contributed by atoms with van der Waals surface area (Å²) in [6.45, 7) is 1.60. The lowest BCUT2D eigenvalue weighted by Gasteiger charge is -2.03. The first-order chi connectivity index (χ1) is 6.57. The number of para-hydroxylation sites is 1.